The van der Waals surface area contributed by atoms with Gasteiger partial charge in [0.1, 0.15) is 0 Å². The molecule has 0 aliphatic rings. The van der Waals surface area contributed by atoms with Gasteiger partial charge in [-0.2, -0.15) is 0 Å². The van der Waals surface area contributed by atoms with Crippen LogP contribution in [0.25, 0.3) is 0 Å². The first kappa shape index (κ1) is 13.6. The van der Waals surface area contributed by atoms with Crippen LogP contribution in [0.4, 0.5) is 0 Å². The first-order valence-corrected chi connectivity index (χ1v) is 8.05. The Labute approximate surface area is 127 Å². The summed E-state index contributed by atoms with van der Waals surface area (Å²) < 4.78 is 1.17. The molecule has 1 heterocycles. The molecule has 1 aromatic carbocycles. The van der Waals surface area contributed by atoms with E-state index in [1.54, 1.807) is 11.3 Å². The minimum atomic E-state index is 0.204. The monoisotopic (exact) mass is 392 g/mol. The van der Waals surface area contributed by atoms with Crippen LogP contribution in [0.5, 0.6) is 0 Å². The van der Waals surface area contributed by atoms with Crippen molar-refractivity contribution in [1.82, 2.24) is 0 Å². The maximum Gasteiger partial charge on any atom is 0.0739 e. The molecule has 1 aromatic heterocycles. The van der Waals surface area contributed by atoms with Crippen LogP contribution in [0.3, 0.4) is 0 Å². The fourth-order valence-corrected chi connectivity index (χ4v) is 3.99. The minimum absolute atomic E-state index is 0.204. The Bertz CT molecular complexity index is 529. The van der Waals surface area contributed by atoms with Gasteiger partial charge in [-0.25, -0.2) is 0 Å². The molecule has 0 aliphatic heterocycles. The summed E-state index contributed by atoms with van der Waals surface area (Å²) in [6, 6.07) is 8.36. The lowest BCUT2D eigenvalue weighted by Gasteiger charge is -2.09. The molecule has 2 rings (SSSR count). The van der Waals surface area contributed by atoms with Crippen molar-refractivity contribution < 1.29 is 0 Å². The lowest BCUT2D eigenvalue weighted by atomic mass is 10.1. The molecule has 0 nitrogen and oxygen atoms in total. The van der Waals surface area contributed by atoms with E-state index in [9.17, 15) is 0 Å². The second-order valence-electron chi connectivity index (χ2n) is 3.92. The quantitative estimate of drug-likeness (QED) is 0.527. The van der Waals surface area contributed by atoms with Crippen LogP contribution in [-0.2, 0) is 0 Å². The highest BCUT2D eigenvalue weighted by Gasteiger charge is 2.15. The largest absolute Gasteiger partial charge is 0.143 e. The minimum Gasteiger partial charge on any atom is -0.143 e. The zero-order chi connectivity index (χ0) is 12.6. The summed E-state index contributed by atoms with van der Waals surface area (Å²) in [5, 5.41) is 0.819. The molecule has 17 heavy (non-hydrogen) atoms. The van der Waals surface area contributed by atoms with Crippen molar-refractivity contribution in [3.8, 4) is 0 Å². The van der Waals surface area contributed by atoms with E-state index in [1.807, 2.05) is 13.0 Å². The van der Waals surface area contributed by atoms with E-state index in [0.29, 0.717) is 0 Å². The van der Waals surface area contributed by atoms with Gasteiger partial charge in [0.2, 0.25) is 0 Å². The molecule has 0 amide bonds. The van der Waals surface area contributed by atoms with Gasteiger partial charge in [-0.1, -0.05) is 39.7 Å². The normalized spacial score (nSPS) is 12.8. The molecule has 0 radical (unpaired) electrons. The lowest BCUT2D eigenvalue weighted by Crippen LogP contribution is -1.90. The van der Waals surface area contributed by atoms with Gasteiger partial charge in [0.05, 0.1) is 4.83 Å². The molecule has 2 aromatic rings. The van der Waals surface area contributed by atoms with E-state index in [-0.39, 0.29) is 4.83 Å². The molecular weight excluding hydrogens is 383 g/mol. The Kier molecular flexibility index (Phi) is 4.35. The first-order chi connectivity index (χ1) is 7.99. The number of hydrogen-bond donors (Lipinski definition) is 0. The van der Waals surface area contributed by atoms with Crippen LogP contribution >= 0.6 is 54.8 Å². The Morgan fingerprint density at radius 3 is 2.47 bits per heavy atom. The lowest BCUT2D eigenvalue weighted by molar-refractivity contribution is 1.21. The van der Waals surface area contributed by atoms with Crippen LogP contribution in [0.1, 0.15) is 25.7 Å². The second-order valence-corrected chi connectivity index (χ2v) is 7.39. The number of thiophene rings is 1. The van der Waals surface area contributed by atoms with E-state index in [0.717, 1.165) is 10.6 Å². The van der Waals surface area contributed by atoms with E-state index in [4.69, 9.17) is 11.6 Å². The third kappa shape index (κ3) is 2.95. The molecule has 0 N–H and O–H groups in total. The highest BCUT2D eigenvalue weighted by molar-refractivity contribution is 9.10. The number of aryl methyl sites for hydroxylation is 2. The Morgan fingerprint density at radius 1 is 1.24 bits per heavy atom. The number of hydrogen-bond acceptors (Lipinski definition) is 1. The maximum atomic E-state index is 6.16. The Balaban J connectivity index is 2.36. The van der Waals surface area contributed by atoms with Crippen molar-refractivity contribution >= 4 is 54.8 Å². The number of halogens is 3. The summed E-state index contributed by atoms with van der Waals surface area (Å²) in [5.74, 6) is 0. The molecule has 0 aliphatic carbocycles. The van der Waals surface area contributed by atoms with E-state index in [2.05, 4.69) is 57.0 Å². The smallest absolute Gasteiger partial charge is 0.0739 e. The van der Waals surface area contributed by atoms with Crippen molar-refractivity contribution in [2.24, 2.45) is 0 Å². The third-order valence-electron chi connectivity index (χ3n) is 2.61. The van der Waals surface area contributed by atoms with Gasteiger partial charge in [-0.3, -0.25) is 0 Å². The maximum absolute atomic E-state index is 6.16. The summed E-state index contributed by atoms with van der Waals surface area (Å²) in [6.07, 6.45) is 0. The van der Waals surface area contributed by atoms with E-state index < -0.39 is 0 Å². The standard InChI is InChI=1S/C13H11Br2ClS/c1-7-3-4-9(5-11(7)16)13(15)12-6-10(14)8(2)17-12/h3-6,13H,1-2H3. The van der Waals surface area contributed by atoms with Gasteiger partial charge in [0.15, 0.2) is 0 Å². The number of rotatable bonds is 2. The molecule has 0 saturated carbocycles. The van der Waals surface area contributed by atoms with Crippen LogP contribution in [-0.4, -0.2) is 0 Å². The highest BCUT2D eigenvalue weighted by atomic mass is 79.9. The Morgan fingerprint density at radius 2 is 1.94 bits per heavy atom. The van der Waals surface area contributed by atoms with Crippen LogP contribution < -0.4 is 0 Å². The average molecular weight is 395 g/mol. The topological polar surface area (TPSA) is 0 Å². The van der Waals surface area contributed by atoms with Gasteiger partial charge in [0, 0.05) is 19.2 Å². The van der Waals surface area contributed by atoms with Gasteiger partial charge >= 0.3 is 0 Å². The van der Waals surface area contributed by atoms with Crippen molar-refractivity contribution in [2.45, 2.75) is 18.7 Å². The van der Waals surface area contributed by atoms with E-state index >= 15 is 0 Å². The predicted octanol–water partition coefficient (Wildman–Crippen LogP) is 6.27. The van der Waals surface area contributed by atoms with Crippen molar-refractivity contribution in [1.29, 1.82) is 0 Å². The zero-order valence-corrected chi connectivity index (χ0v) is 14.2. The highest BCUT2D eigenvalue weighted by Crippen LogP contribution is 2.39. The molecule has 0 fully saturated rings. The van der Waals surface area contributed by atoms with Gasteiger partial charge in [0.25, 0.3) is 0 Å². The van der Waals surface area contributed by atoms with Crippen LogP contribution in [0, 0.1) is 13.8 Å². The van der Waals surface area contributed by atoms with Gasteiger partial charge in [-0.05, 0) is 53.0 Å². The molecular formula is C13H11Br2ClS. The average Bonchev–Trinajstić information content (AvgIpc) is 2.62. The number of alkyl halides is 1. The first-order valence-electron chi connectivity index (χ1n) is 5.15. The second kappa shape index (κ2) is 5.43. The summed E-state index contributed by atoms with van der Waals surface area (Å²) in [4.78, 5) is 2.78. The molecule has 90 valence electrons. The molecule has 1 atom stereocenters. The van der Waals surface area contributed by atoms with Gasteiger partial charge in [-0.15, -0.1) is 11.3 Å². The SMILES string of the molecule is Cc1ccc(C(Br)c2cc(Br)c(C)s2)cc1Cl. The zero-order valence-electron chi connectivity index (χ0n) is 9.43. The molecule has 1 unspecified atom stereocenters. The Hall–Kier alpha value is 0.170. The predicted molar refractivity (Wildman–Crippen MR) is 83.7 cm³/mol. The van der Waals surface area contributed by atoms with E-state index in [1.165, 1.54) is 19.8 Å². The summed E-state index contributed by atoms with van der Waals surface area (Å²) in [5.41, 5.74) is 2.30. The third-order valence-corrected chi connectivity index (χ3v) is 6.55. The van der Waals surface area contributed by atoms with Crippen molar-refractivity contribution in [3.63, 3.8) is 0 Å². The summed E-state index contributed by atoms with van der Waals surface area (Å²) >= 11 is 15.2. The van der Waals surface area contributed by atoms with Crippen LogP contribution in [0.15, 0.2) is 28.7 Å². The molecule has 4 heteroatoms. The fourth-order valence-electron chi connectivity index (χ4n) is 1.54. The fraction of sp³-hybridized carbons (Fsp3) is 0.231. The van der Waals surface area contributed by atoms with Crippen LogP contribution in [0.2, 0.25) is 5.02 Å². The van der Waals surface area contributed by atoms with Gasteiger partial charge < -0.3 is 0 Å². The van der Waals surface area contributed by atoms with Crippen molar-refractivity contribution in [2.75, 3.05) is 0 Å². The van der Waals surface area contributed by atoms with Crippen molar-refractivity contribution in [3.05, 3.63) is 54.6 Å². The molecule has 0 spiro atoms. The molecule has 0 bridgehead atoms. The summed E-state index contributed by atoms with van der Waals surface area (Å²) in [7, 11) is 0. The summed E-state index contributed by atoms with van der Waals surface area (Å²) in [6.45, 7) is 4.13. The molecule has 0 saturated heterocycles. The number of benzene rings is 1.